The molecule has 0 bridgehead atoms. The van der Waals surface area contributed by atoms with Crippen LogP contribution in [0, 0.1) is 5.82 Å². The minimum atomic E-state index is -1.21. The van der Waals surface area contributed by atoms with Gasteiger partial charge in [0.15, 0.2) is 5.58 Å². The summed E-state index contributed by atoms with van der Waals surface area (Å²) in [4.78, 5) is 14.7. The summed E-state index contributed by atoms with van der Waals surface area (Å²) in [5.41, 5.74) is 5.46. The first-order valence-electron chi connectivity index (χ1n) is 9.81. The summed E-state index contributed by atoms with van der Waals surface area (Å²) >= 11 is 6.26. The first kappa shape index (κ1) is 26.4. The number of pyridine rings is 1. The zero-order valence-corrected chi connectivity index (χ0v) is 18.5. The van der Waals surface area contributed by atoms with Gasteiger partial charge in [-0.2, -0.15) is 0 Å². The molecule has 0 radical (unpaired) electrons. The number of nitrogens with two attached hydrogens (primary N) is 1. The van der Waals surface area contributed by atoms with E-state index < -0.39 is 43.3 Å². The van der Waals surface area contributed by atoms with Crippen LogP contribution in [0.15, 0.2) is 35.0 Å². The summed E-state index contributed by atoms with van der Waals surface area (Å²) in [5.74, 6) is -0.970. The molecule has 0 aliphatic carbocycles. The third-order valence-electron chi connectivity index (χ3n) is 4.59. The molecule has 2 heterocycles. The van der Waals surface area contributed by atoms with Crippen molar-refractivity contribution in [3.63, 3.8) is 0 Å². The summed E-state index contributed by atoms with van der Waals surface area (Å²) in [6, 6.07) is 6.06. The highest BCUT2D eigenvalue weighted by atomic mass is 35.5. The van der Waals surface area contributed by atoms with Crippen LogP contribution in [0.25, 0.3) is 11.0 Å². The lowest BCUT2D eigenvalue weighted by Crippen LogP contribution is -2.50. The number of hydrogen-bond acceptors (Lipinski definition) is 9. The number of fused-ring (bicyclic) bond motifs is 1. The fourth-order valence-electron chi connectivity index (χ4n) is 2.51. The normalized spacial score (nSPS) is 12.2. The SMILES string of the molecule is C[C@H](Oc1cc2onc(CCC(=O)O)c2cc1Cl)c1ccc(F)cn1.NC(CO)(CO)CO. The topological polar surface area (TPSA) is 172 Å². The number of aliphatic carboxylic acids is 1. The van der Waals surface area contributed by atoms with Crippen LogP contribution < -0.4 is 10.5 Å². The number of benzene rings is 1. The van der Waals surface area contributed by atoms with Crippen molar-refractivity contribution in [2.45, 2.75) is 31.4 Å². The molecule has 0 saturated heterocycles. The van der Waals surface area contributed by atoms with E-state index in [9.17, 15) is 9.18 Å². The number of ether oxygens (including phenoxy) is 1. The van der Waals surface area contributed by atoms with Crippen LogP contribution in [0.3, 0.4) is 0 Å². The summed E-state index contributed by atoms with van der Waals surface area (Å²) in [5, 5.41) is 38.7. The van der Waals surface area contributed by atoms with Crippen LogP contribution in [0.5, 0.6) is 5.75 Å². The molecule has 0 aliphatic heterocycles. The average Bonchev–Trinajstić information content (AvgIpc) is 3.19. The molecule has 12 heteroatoms. The molecule has 3 rings (SSSR count). The van der Waals surface area contributed by atoms with E-state index in [1.54, 1.807) is 19.1 Å². The highest BCUT2D eigenvalue weighted by Crippen LogP contribution is 2.34. The Bertz CT molecular complexity index is 1050. The molecule has 6 N–H and O–H groups in total. The van der Waals surface area contributed by atoms with Gasteiger partial charge < -0.3 is 35.4 Å². The van der Waals surface area contributed by atoms with Crippen LogP contribution in [0.4, 0.5) is 4.39 Å². The highest BCUT2D eigenvalue weighted by molar-refractivity contribution is 6.32. The number of nitrogens with zero attached hydrogens (tertiary/aromatic N) is 2. The summed E-state index contributed by atoms with van der Waals surface area (Å²) in [6.45, 7) is 0.555. The lowest BCUT2D eigenvalue weighted by atomic mass is 10.1. The first-order chi connectivity index (χ1) is 15.6. The number of aromatic nitrogens is 2. The van der Waals surface area contributed by atoms with Gasteiger partial charge in [0.25, 0.3) is 0 Å². The van der Waals surface area contributed by atoms with Gasteiger partial charge in [0.05, 0.1) is 54.4 Å². The van der Waals surface area contributed by atoms with Gasteiger partial charge in [0.1, 0.15) is 17.7 Å². The van der Waals surface area contributed by atoms with Gasteiger partial charge in [-0.1, -0.05) is 16.8 Å². The van der Waals surface area contributed by atoms with E-state index in [1.165, 1.54) is 12.1 Å². The van der Waals surface area contributed by atoms with E-state index in [2.05, 4.69) is 10.1 Å². The van der Waals surface area contributed by atoms with Gasteiger partial charge in [-0.15, -0.1) is 0 Å². The van der Waals surface area contributed by atoms with Gasteiger partial charge in [0.2, 0.25) is 0 Å². The number of rotatable bonds is 9. The van der Waals surface area contributed by atoms with E-state index in [0.717, 1.165) is 6.20 Å². The Balaban J connectivity index is 0.000000414. The third-order valence-corrected chi connectivity index (χ3v) is 4.89. The van der Waals surface area contributed by atoms with Crippen LogP contribution in [0.2, 0.25) is 5.02 Å². The summed E-state index contributed by atoms with van der Waals surface area (Å²) in [6.07, 6.45) is 0.856. The number of carboxylic acids is 1. The maximum Gasteiger partial charge on any atom is 0.303 e. The number of hydrogen-bond donors (Lipinski definition) is 5. The van der Waals surface area contributed by atoms with Crippen molar-refractivity contribution >= 4 is 28.5 Å². The lowest BCUT2D eigenvalue weighted by molar-refractivity contribution is -0.136. The second-order valence-electron chi connectivity index (χ2n) is 7.30. The van der Waals surface area contributed by atoms with E-state index in [-0.39, 0.29) is 12.8 Å². The summed E-state index contributed by atoms with van der Waals surface area (Å²) in [7, 11) is 0. The Morgan fingerprint density at radius 1 is 1.27 bits per heavy atom. The van der Waals surface area contributed by atoms with Gasteiger partial charge in [-0.3, -0.25) is 9.78 Å². The molecule has 33 heavy (non-hydrogen) atoms. The Labute approximate surface area is 193 Å². The van der Waals surface area contributed by atoms with Gasteiger partial charge >= 0.3 is 5.97 Å². The molecular formula is C21H25ClFN3O7. The first-order valence-corrected chi connectivity index (χ1v) is 10.2. The Kier molecular flexibility index (Phi) is 9.50. The maximum atomic E-state index is 13.0. The van der Waals surface area contributed by atoms with E-state index in [4.69, 9.17) is 47.0 Å². The van der Waals surface area contributed by atoms with Crippen molar-refractivity contribution < 1.29 is 38.9 Å². The second kappa shape index (κ2) is 11.9. The molecule has 10 nitrogen and oxygen atoms in total. The smallest absolute Gasteiger partial charge is 0.303 e. The Morgan fingerprint density at radius 3 is 2.45 bits per heavy atom. The van der Waals surface area contributed by atoms with Crippen LogP contribution >= 0.6 is 11.6 Å². The molecule has 0 aliphatic rings. The molecule has 1 atom stereocenters. The fourth-order valence-corrected chi connectivity index (χ4v) is 2.72. The quantitative estimate of drug-likeness (QED) is 0.301. The molecule has 1 aromatic carbocycles. The minimum absolute atomic E-state index is 0.0508. The van der Waals surface area contributed by atoms with Crippen molar-refractivity contribution in [3.05, 3.63) is 52.7 Å². The van der Waals surface area contributed by atoms with Crippen molar-refractivity contribution in [3.8, 4) is 5.75 Å². The van der Waals surface area contributed by atoms with Crippen LogP contribution in [0.1, 0.15) is 30.8 Å². The third kappa shape index (κ3) is 7.34. The number of halogens is 2. The van der Waals surface area contributed by atoms with E-state index in [1.807, 2.05) is 0 Å². The van der Waals surface area contributed by atoms with Gasteiger partial charge in [-0.05, 0) is 25.1 Å². The van der Waals surface area contributed by atoms with Crippen LogP contribution in [-0.2, 0) is 11.2 Å². The maximum absolute atomic E-state index is 13.0. The largest absolute Gasteiger partial charge is 0.483 e. The van der Waals surface area contributed by atoms with E-state index >= 15 is 0 Å². The molecule has 0 fully saturated rings. The zero-order chi connectivity index (χ0) is 24.6. The predicted octanol–water partition coefficient (Wildman–Crippen LogP) is 1.83. The monoisotopic (exact) mass is 485 g/mol. The molecular weight excluding hydrogens is 461 g/mol. The van der Waals surface area contributed by atoms with Gasteiger partial charge in [0, 0.05) is 17.9 Å². The fraction of sp³-hybridized carbons (Fsp3) is 0.381. The number of aliphatic hydroxyl groups excluding tert-OH is 3. The molecule has 0 unspecified atom stereocenters. The predicted molar refractivity (Wildman–Crippen MR) is 116 cm³/mol. The molecule has 2 aromatic heterocycles. The second-order valence-corrected chi connectivity index (χ2v) is 7.71. The van der Waals surface area contributed by atoms with E-state index in [0.29, 0.717) is 33.1 Å². The van der Waals surface area contributed by atoms with Crippen molar-refractivity contribution in [1.82, 2.24) is 10.1 Å². The molecule has 0 saturated carbocycles. The number of carboxylic acid groups (broad SMARTS) is 1. The van der Waals surface area contributed by atoms with Gasteiger partial charge in [-0.25, -0.2) is 4.39 Å². The molecule has 0 amide bonds. The lowest BCUT2D eigenvalue weighted by Gasteiger charge is -2.20. The van der Waals surface area contributed by atoms with Crippen molar-refractivity contribution in [1.29, 1.82) is 0 Å². The highest BCUT2D eigenvalue weighted by Gasteiger charge is 2.21. The average molecular weight is 486 g/mol. The molecule has 3 aromatic rings. The Hall–Kier alpha value is -2.83. The van der Waals surface area contributed by atoms with Crippen LogP contribution in [-0.4, -0.2) is 61.9 Å². The molecule has 0 spiro atoms. The number of aryl methyl sites for hydroxylation is 1. The standard InChI is InChI=1S/C17H14ClFN2O4.C4H11NO3/c1-9(13-3-2-10(19)8-20-13)24-16-7-15-11(6-12(16)18)14(21-25-15)4-5-17(22)23;5-4(1-6,2-7)3-8/h2-3,6-9H,4-5H2,1H3,(H,22,23);6-8H,1-3,5H2/t9-;/m0./s1. The number of aliphatic hydroxyl groups is 3. The molecule has 180 valence electrons. The number of carbonyl (C=O) groups is 1. The minimum Gasteiger partial charge on any atom is -0.483 e. The summed E-state index contributed by atoms with van der Waals surface area (Å²) < 4.78 is 24.0. The zero-order valence-electron chi connectivity index (χ0n) is 17.7. The van der Waals surface area contributed by atoms with Crippen molar-refractivity contribution in [2.75, 3.05) is 19.8 Å². The Morgan fingerprint density at radius 2 is 1.94 bits per heavy atom. The van der Waals surface area contributed by atoms with Crippen molar-refractivity contribution in [2.24, 2.45) is 5.73 Å².